The Kier molecular flexibility index (Phi) is 9.93. The van der Waals surface area contributed by atoms with Crippen LogP contribution >= 0.6 is 0 Å². The first-order valence-electron chi connectivity index (χ1n) is 8.81. The van der Waals surface area contributed by atoms with Crippen molar-refractivity contribution >= 4 is 23.7 Å². The van der Waals surface area contributed by atoms with E-state index in [4.69, 9.17) is 14.7 Å². The van der Waals surface area contributed by atoms with Crippen molar-refractivity contribution in [3.63, 3.8) is 0 Å². The van der Waals surface area contributed by atoms with Crippen LogP contribution in [-0.2, 0) is 9.59 Å². The van der Waals surface area contributed by atoms with Gasteiger partial charge in [0, 0.05) is 6.92 Å². The minimum Gasteiger partial charge on any atom is -0.504 e. The fourth-order valence-electron chi connectivity index (χ4n) is 2.26. The van der Waals surface area contributed by atoms with Crippen molar-refractivity contribution in [2.24, 2.45) is 0 Å². The second-order valence-corrected chi connectivity index (χ2v) is 5.86. The highest BCUT2D eigenvalue weighted by Gasteiger charge is 2.06. The number of carbonyl (C=O) groups is 2. The highest BCUT2D eigenvalue weighted by molar-refractivity contribution is 6.10. The van der Waals surface area contributed by atoms with Gasteiger partial charge in [-0.2, -0.15) is 5.26 Å². The van der Waals surface area contributed by atoms with Crippen LogP contribution in [0.3, 0.4) is 0 Å². The normalized spacial score (nSPS) is 10.2. The maximum atomic E-state index is 11.9. The SMILES string of the molecule is CC#N.COc1cc(/C=C/C(=O)CC(=O)/C=C/c2ccc(O)c(OC)c2)ccc1O. The van der Waals surface area contributed by atoms with E-state index in [0.717, 1.165) is 0 Å². The molecule has 0 saturated heterocycles. The smallest absolute Gasteiger partial charge is 0.163 e. The molecule has 0 fully saturated rings. The van der Waals surface area contributed by atoms with Gasteiger partial charge in [0.05, 0.1) is 26.7 Å². The van der Waals surface area contributed by atoms with Crippen LogP contribution < -0.4 is 9.47 Å². The zero-order valence-corrected chi connectivity index (χ0v) is 17.0. The van der Waals surface area contributed by atoms with Gasteiger partial charge in [-0.3, -0.25) is 9.59 Å². The molecule has 2 aromatic carbocycles. The highest BCUT2D eigenvalue weighted by atomic mass is 16.5. The number of hydrogen-bond acceptors (Lipinski definition) is 7. The molecular formula is C23H23NO6. The summed E-state index contributed by atoms with van der Waals surface area (Å²) in [5, 5.41) is 26.4. The summed E-state index contributed by atoms with van der Waals surface area (Å²) in [6.07, 6.45) is 5.44. The van der Waals surface area contributed by atoms with Crippen LogP contribution in [0.5, 0.6) is 23.0 Å². The zero-order chi connectivity index (χ0) is 22.5. The Bertz CT molecular complexity index is 912. The van der Waals surface area contributed by atoms with E-state index in [9.17, 15) is 19.8 Å². The molecular weight excluding hydrogens is 386 g/mol. The average Bonchev–Trinajstić information content (AvgIpc) is 2.73. The first-order chi connectivity index (χ1) is 14.3. The quantitative estimate of drug-likeness (QED) is 0.501. The van der Waals surface area contributed by atoms with Crippen molar-refractivity contribution in [1.82, 2.24) is 0 Å². The van der Waals surface area contributed by atoms with Crippen LogP contribution in [0.1, 0.15) is 24.5 Å². The number of nitrogens with zero attached hydrogens (tertiary/aromatic N) is 1. The summed E-state index contributed by atoms with van der Waals surface area (Å²) in [4.78, 5) is 23.9. The van der Waals surface area contributed by atoms with Crippen molar-refractivity contribution in [2.75, 3.05) is 14.2 Å². The number of methoxy groups -OCH3 is 2. The van der Waals surface area contributed by atoms with E-state index in [1.54, 1.807) is 42.5 Å². The molecule has 0 amide bonds. The lowest BCUT2D eigenvalue weighted by molar-refractivity contribution is -0.121. The van der Waals surface area contributed by atoms with Gasteiger partial charge >= 0.3 is 0 Å². The minimum absolute atomic E-state index is 0.00662. The molecule has 0 unspecified atom stereocenters. The fourth-order valence-corrected chi connectivity index (χ4v) is 2.26. The summed E-state index contributed by atoms with van der Waals surface area (Å²) >= 11 is 0. The van der Waals surface area contributed by atoms with Gasteiger partial charge in [-0.15, -0.1) is 0 Å². The van der Waals surface area contributed by atoms with Gasteiger partial charge in [-0.1, -0.05) is 24.3 Å². The predicted octanol–water partition coefficient (Wildman–Crippen LogP) is 3.90. The minimum atomic E-state index is -0.347. The molecule has 0 saturated carbocycles. The van der Waals surface area contributed by atoms with Gasteiger partial charge < -0.3 is 19.7 Å². The van der Waals surface area contributed by atoms with Crippen molar-refractivity contribution in [3.05, 3.63) is 59.7 Å². The van der Waals surface area contributed by atoms with Crippen LogP contribution in [-0.4, -0.2) is 36.0 Å². The third-order valence-electron chi connectivity index (χ3n) is 3.68. The topological polar surface area (TPSA) is 117 Å². The van der Waals surface area contributed by atoms with Crippen molar-refractivity contribution < 1.29 is 29.3 Å². The number of allylic oxidation sites excluding steroid dienone is 2. The van der Waals surface area contributed by atoms with Crippen LogP contribution in [0.4, 0.5) is 0 Å². The van der Waals surface area contributed by atoms with Crippen molar-refractivity contribution in [2.45, 2.75) is 13.3 Å². The Balaban J connectivity index is 0.00000141. The number of phenolic OH excluding ortho intramolecular Hbond substituents is 2. The molecule has 7 heteroatoms. The molecule has 0 spiro atoms. The molecule has 2 N–H and O–H groups in total. The molecule has 0 atom stereocenters. The number of rotatable bonds is 8. The predicted molar refractivity (Wildman–Crippen MR) is 113 cm³/mol. The number of benzene rings is 2. The standard InChI is InChI=1S/C21H20O6.C2H3N/c1-26-20-11-14(5-9-18(20)24)3-7-16(22)13-17(23)8-4-15-6-10-19(25)21(12-15)27-2;1-2-3/h3-12,24-25H,13H2,1-2H3;1H3/b7-3+,8-4+;. The largest absolute Gasteiger partial charge is 0.504 e. The molecule has 7 nitrogen and oxygen atoms in total. The van der Waals surface area contributed by atoms with Crippen LogP contribution in [0, 0.1) is 11.3 Å². The lowest BCUT2D eigenvalue weighted by Crippen LogP contribution is -2.01. The molecule has 0 bridgehead atoms. The Morgan fingerprint density at radius 1 is 0.900 bits per heavy atom. The fraction of sp³-hybridized carbons (Fsp3) is 0.174. The highest BCUT2D eigenvalue weighted by Crippen LogP contribution is 2.27. The Morgan fingerprint density at radius 2 is 1.27 bits per heavy atom. The molecule has 0 aliphatic heterocycles. The second kappa shape index (κ2) is 12.4. The van der Waals surface area contributed by atoms with Crippen molar-refractivity contribution in [3.8, 4) is 29.1 Å². The third-order valence-corrected chi connectivity index (χ3v) is 3.68. The molecule has 0 heterocycles. The molecule has 0 aliphatic rings. The van der Waals surface area contributed by atoms with Gasteiger partial charge in [0.25, 0.3) is 0 Å². The number of aromatic hydroxyl groups is 2. The number of ether oxygens (including phenoxy) is 2. The summed E-state index contributed by atoms with van der Waals surface area (Å²) in [6, 6.07) is 11.1. The van der Waals surface area contributed by atoms with E-state index >= 15 is 0 Å². The summed E-state index contributed by atoms with van der Waals surface area (Å²) < 4.78 is 10.00. The van der Waals surface area contributed by atoms with Gasteiger partial charge in [0.15, 0.2) is 34.6 Å². The summed E-state index contributed by atoms with van der Waals surface area (Å²) in [7, 11) is 2.87. The van der Waals surface area contributed by atoms with Gasteiger partial charge in [-0.05, 0) is 47.5 Å². The number of hydrogen-bond donors (Lipinski definition) is 2. The third kappa shape index (κ3) is 7.90. The Morgan fingerprint density at radius 3 is 1.60 bits per heavy atom. The molecule has 30 heavy (non-hydrogen) atoms. The van der Waals surface area contributed by atoms with Gasteiger partial charge in [0.2, 0.25) is 0 Å². The van der Waals surface area contributed by atoms with E-state index in [1.165, 1.54) is 45.4 Å². The summed E-state index contributed by atoms with van der Waals surface area (Å²) in [5.74, 6) is -0.0832. The number of carbonyl (C=O) groups excluding carboxylic acids is 2. The second-order valence-electron chi connectivity index (χ2n) is 5.86. The van der Waals surface area contributed by atoms with Crippen molar-refractivity contribution in [1.29, 1.82) is 5.26 Å². The first kappa shape index (κ1) is 24.0. The van der Waals surface area contributed by atoms with E-state index in [0.29, 0.717) is 22.6 Å². The Labute approximate surface area is 175 Å². The monoisotopic (exact) mass is 409 g/mol. The lowest BCUT2D eigenvalue weighted by atomic mass is 10.1. The molecule has 156 valence electrons. The first-order valence-corrected chi connectivity index (χ1v) is 8.81. The number of ketones is 2. The molecule has 2 rings (SSSR count). The van der Waals surface area contributed by atoms with E-state index in [2.05, 4.69) is 0 Å². The van der Waals surface area contributed by atoms with Crippen LogP contribution in [0.15, 0.2) is 48.6 Å². The number of phenols is 2. The van der Waals surface area contributed by atoms with Crippen LogP contribution in [0.2, 0.25) is 0 Å². The summed E-state index contributed by atoms with van der Waals surface area (Å²) in [6.45, 7) is 1.43. The molecule has 0 aliphatic carbocycles. The van der Waals surface area contributed by atoms with Crippen LogP contribution in [0.25, 0.3) is 12.2 Å². The van der Waals surface area contributed by atoms with E-state index in [-0.39, 0.29) is 29.5 Å². The zero-order valence-electron chi connectivity index (χ0n) is 17.0. The van der Waals surface area contributed by atoms with E-state index < -0.39 is 0 Å². The van der Waals surface area contributed by atoms with Gasteiger partial charge in [-0.25, -0.2) is 0 Å². The maximum Gasteiger partial charge on any atom is 0.163 e. The maximum absolute atomic E-state index is 11.9. The average molecular weight is 409 g/mol. The molecule has 0 aromatic heterocycles. The Hall–Kier alpha value is -4.05. The summed E-state index contributed by atoms with van der Waals surface area (Å²) in [5.41, 5.74) is 1.33. The van der Waals surface area contributed by atoms with Gasteiger partial charge in [0.1, 0.15) is 0 Å². The molecule has 0 radical (unpaired) electrons. The molecule has 2 aromatic rings. The number of nitriles is 1. The lowest BCUT2D eigenvalue weighted by Gasteiger charge is -2.03. The van der Waals surface area contributed by atoms with E-state index in [1.807, 2.05) is 0 Å².